The lowest BCUT2D eigenvalue weighted by atomic mass is 10.6. The molecule has 0 unspecified atom stereocenters. The van der Waals surface area contributed by atoms with Crippen LogP contribution < -0.4 is 5.73 Å². The van der Waals surface area contributed by atoms with Gasteiger partial charge in [-0.05, 0) is 11.6 Å². The predicted octanol–water partition coefficient (Wildman–Crippen LogP) is -1.04. The second kappa shape index (κ2) is 5.17. The molecule has 0 amide bonds. The molecule has 0 aliphatic heterocycles. The number of tetrazole rings is 1. The van der Waals surface area contributed by atoms with Gasteiger partial charge >= 0.3 is 0 Å². The van der Waals surface area contributed by atoms with Gasteiger partial charge in [-0.25, -0.2) is 8.42 Å². The van der Waals surface area contributed by atoms with E-state index in [2.05, 4.69) is 15.4 Å². The van der Waals surface area contributed by atoms with Crippen molar-refractivity contribution in [1.29, 1.82) is 0 Å². The number of sulfone groups is 1. The maximum Gasteiger partial charge on any atom is 0.189 e. The summed E-state index contributed by atoms with van der Waals surface area (Å²) >= 11 is 0. The van der Waals surface area contributed by atoms with Gasteiger partial charge in [0.1, 0.15) is 5.75 Å². The first-order valence-corrected chi connectivity index (χ1v) is 6.56. The molecule has 0 atom stereocenters. The first-order chi connectivity index (χ1) is 7.07. The average molecular weight is 233 g/mol. The summed E-state index contributed by atoms with van der Waals surface area (Å²) in [6, 6.07) is 0. The Hall–Kier alpha value is -1.02. The predicted molar refractivity (Wildman–Crippen MR) is 54.7 cm³/mol. The minimum Gasteiger partial charge on any atom is -0.329 e. The summed E-state index contributed by atoms with van der Waals surface area (Å²) in [5.74, 6) is 0.237. The molecule has 2 N–H and O–H groups in total. The maximum absolute atomic E-state index is 11.4. The van der Waals surface area contributed by atoms with E-state index >= 15 is 0 Å². The zero-order valence-electron chi connectivity index (χ0n) is 8.63. The van der Waals surface area contributed by atoms with Gasteiger partial charge in [0, 0.05) is 6.54 Å². The molecule has 0 bridgehead atoms. The number of nitrogens with zero attached hydrogens (tertiary/aromatic N) is 4. The molecule has 0 saturated heterocycles. The Morgan fingerprint density at radius 2 is 2.20 bits per heavy atom. The maximum atomic E-state index is 11.4. The van der Waals surface area contributed by atoms with Crippen molar-refractivity contribution in [2.24, 2.45) is 5.73 Å². The first kappa shape index (κ1) is 12.1. The van der Waals surface area contributed by atoms with Crippen LogP contribution in [0.25, 0.3) is 0 Å². The fourth-order valence-corrected chi connectivity index (χ4v) is 2.40. The van der Waals surface area contributed by atoms with E-state index in [0.717, 1.165) is 0 Å². The molecular formula is C7H15N5O2S. The number of aromatic nitrogens is 4. The van der Waals surface area contributed by atoms with Crippen LogP contribution >= 0.6 is 0 Å². The molecular weight excluding hydrogens is 218 g/mol. The Kier molecular flexibility index (Phi) is 4.15. The molecule has 0 spiro atoms. The minimum atomic E-state index is -3.10. The minimum absolute atomic E-state index is 0.147. The largest absolute Gasteiger partial charge is 0.329 e. The SMILES string of the molecule is CCCS(=O)(=O)Cc1nnn(CCN)n1. The summed E-state index contributed by atoms with van der Waals surface area (Å²) in [6.07, 6.45) is 0.596. The molecule has 86 valence electrons. The van der Waals surface area contributed by atoms with Crippen LogP contribution in [-0.4, -0.2) is 40.9 Å². The van der Waals surface area contributed by atoms with Gasteiger partial charge in [0.05, 0.1) is 12.3 Å². The second-order valence-corrected chi connectivity index (χ2v) is 5.37. The zero-order chi connectivity index (χ0) is 11.3. The Bertz CT molecular complexity index is 399. The third kappa shape index (κ3) is 3.92. The quantitative estimate of drug-likeness (QED) is 0.672. The number of nitrogens with two attached hydrogens (primary N) is 1. The Labute approximate surface area is 88.6 Å². The monoisotopic (exact) mass is 233 g/mol. The van der Waals surface area contributed by atoms with Crippen molar-refractivity contribution >= 4 is 9.84 Å². The summed E-state index contributed by atoms with van der Waals surface area (Å²) in [5, 5.41) is 11.2. The van der Waals surface area contributed by atoms with Crippen molar-refractivity contribution in [2.75, 3.05) is 12.3 Å². The van der Waals surface area contributed by atoms with Crippen LogP contribution in [0.3, 0.4) is 0 Å². The van der Waals surface area contributed by atoms with Gasteiger partial charge in [-0.1, -0.05) is 6.92 Å². The van der Waals surface area contributed by atoms with Crippen LogP contribution in [0.4, 0.5) is 0 Å². The summed E-state index contributed by atoms with van der Waals surface area (Å²) in [6.45, 7) is 2.66. The van der Waals surface area contributed by atoms with Crippen LogP contribution in [0.5, 0.6) is 0 Å². The van der Waals surface area contributed by atoms with E-state index in [-0.39, 0.29) is 17.3 Å². The Morgan fingerprint density at radius 1 is 1.47 bits per heavy atom. The van der Waals surface area contributed by atoms with Gasteiger partial charge < -0.3 is 5.73 Å². The Balaban J connectivity index is 2.64. The van der Waals surface area contributed by atoms with Gasteiger partial charge in [0.15, 0.2) is 15.7 Å². The summed E-state index contributed by atoms with van der Waals surface area (Å²) in [5.41, 5.74) is 5.30. The molecule has 0 aromatic carbocycles. The standard InChI is InChI=1S/C7H15N5O2S/c1-2-5-15(13,14)6-7-9-11-12(10-7)4-3-8/h2-6,8H2,1H3. The molecule has 0 fully saturated rings. The lowest BCUT2D eigenvalue weighted by Gasteiger charge is -1.97. The molecule has 7 nitrogen and oxygen atoms in total. The molecule has 1 heterocycles. The lowest BCUT2D eigenvalue weighted by molar-refractivity contribution is 0.529. The van der Waals surface area contributed by atoms with E-state index in [0.29, 0.717) is 19.5 Å². The number of hydrogen-bond acceptors (Lipinski definition) is 6. The second-order valence-electron chi connectivity index (χ2n) is 3.18. The van der Waals surface area contributed by atoms with Crippen molar-refractivity contribution in [2.45, 2.75) is 25.6 Å². The molecule has 0 aliphatic carbocycles. The van der Waals surface area contributed by atoms with Crippen molar-refractivity contribution in [3.05, 3.63) is 5.82 Å². The highest BCUT2D eigenvalue weighted by Gasteiger charge is 2.14. The first-order valence-electron chi connectivity index (χ1n) is 4.74. The molecule has 0 saturated carbocycles. The van der Waals surface area contributed by atoms with E-state index in [1.54, 1.807) is 0 Å². The van der Waals surface area contributed by atoms with Crippen molar-refractivity contribution in [3.8, 4) is 0 Å². The van der Waals surface area contributed by atoms with E-state index in [9.17, 15) is 8.42 Å². The third-order valence-electron chi connectivity index (χ3n) is 1.69. The van der Waals surface area contributed by atoms with E-state index < -0.39 is 9.84 Å². The van der Waals surface area contributed by atoms with Crippen molar-refractivity contribution < 1.29 is 8.42 Å². The topological polar surface area (TPSA) is 104 Å². The molecule has 0 aliphatic rings. The van der Waals surface area contributed by atoms with Gasteiger partial charge in [-0.3, -0.25) is 0 Å². The van der Waals surface area contributed by atoms with E-state index in [1.807, 2.05) is 6.92 Å². The van der Waals surface area contributed by atoms with Gasteiger partial charge in [0.2, 0.25) is 0 Å². The molecule has 1 aromatic rings. The fourth-order valence-electron chi connectivity index (χ4n) is 1.12. The van der Waals surface area contributed by atoms with E-state index in [1.165, 1.54) is 4.80 Å². The molecule has 8 heteroatoms. The molecule has 1 rings (SSSR count). The molecule has 1 aromatic heterocycles. The zero-order valence-corrected chi connectivity index (χ0v) is 9.44. The van der Waals surface area contributed by atoms with Gasteiger partial charge in [-0.15, -0.1) is 10.2 Å². The highest BCUT2D eigenvalue weighted by molar-refractivity contribution is 7.90. The van der Waals surface area contributed by atoms with Crippen LogP contribution in [0, 0.1) is 0 Å². The smallest absolute Gasteiger partial charge is 0.189 e. The Morgan fingerprint density at radius 3 is 2.80 bits per heavy atom. The van der Waals surface area contributed by atoms with Crippen molar-refractivity contribution in [3.63, 3.8) is 0 Å². The van der Waals surface area contributed by atoms with Crippen LogP contribution in [0.15, 0.2) is 0 Å². The van der Waals surface area contributed by atoms with Crippen LogP contribution in [-0.2, 0) is 22.1 Å². The molecule has 15 heavy (non-hydrogen) atoms. The summed E-state index contributed by atoms with van der Waals surface area (Å²) in [7, 11) is -3.10. The van der Waals surface area contributed by atoms with Crippen LogP contribution in [0.1, 0.15) is 19.2 Å². The highest BCUT2D eigenvalue weighted by atomic mass is 32.2. The lowest BCUT2D eigenvalue weighted by Crippen LogP contribution is -2.13. The summed E-state index contributed by atoms with van der Waals surface area (Å²) < 4.78 is 22.9. The average Bonchev–Trinajstić information content (AvgIpc) is 2.52. The van der Waals surface area contributed by atoms with Gasteiger partial charge in [0.25, 0.3) is 0 Å². The van der Waals surface area contributed by atoms with E-state index in [4.69, 9.17) is 5.73 Å². The van der Waals surface area contributed by atoms with Gasteiger partial charge in [-0.2, -0.15) is 4.80 Å². The number of hydrogen-bond donors (Lipinski definition) is 1. The summed E-state index contributed by atoms with van der Waals surface area (Å²) in [4.78, 5) is 1.30. The highest BCUT2D eigenvalue weighted by Crippen LogP contribution is 2.01. The van der Waals surface area contributed by atoms with Crippen molar-refractivity contribution in [1.82, 2.24) is 20.2 Å². The normalized spacial score (nSPS) is 11.9. The third-order valence-corrected chi connectivity index (χ3v) is 3.42. The molecule has 0 radical (unpaired) electrons. The number of rotatable bonds is 6. The van der Waals surface area contributed by atoms with Crippen LogP contribution in [0.2, 0.25) is 0 Å². The fraction of sp³-hybridized carbons (Fsp3) is 0.857.